The van der Waals surface area contributed by atoms with Crippen molar-refractivity contribution in [3.63, 3.8) is 0 Å². The van der Waals surface area contributed by atoms with Gasteiger partial charge in [0.15, 0.2) is 0 Å². The monoisotopic (exact) mass is 198 g/mol. The minimum atomic E-state index is 0.295. The van der Waals surface area contributed by atoms with Crippen molar-refractivity contribution in [2.45, 2.75) is 32.4 Å². The lowest BCUT2D eigenvalue weighted by molar-refractivity contribution is 0.0796. The Bertz CT molecular complexity index is 204. The molecule has 1 saturated heterocycles. The average molecular weight is 198 g/mol. The van der Waals surface area contributed by atoms with Crippen LogP contribution >= 0.6 is 0 Å². The topological polar surface area (TPSA) is 56.4 Å². The number of piperazine rings is 1. The molecule has 0 bridgehead atoms. The summed E-state index contributed by atoms with van der Waals surface area (Å²) in [6.07, 6.45) is 0.691. The highest BCUT2D eigenvalue weighted by molar-refractivity contribution is 5.77. The van der Waals surface area contributed by atoms with Gasteiger partial charge in [0.25, 0.3) is 0 Å². The fourth-order valence-corrected chi connectivity index (χ4v) is 1.92. The van der Waals surface area contributed by atoms with E-state index < -0.39 is 0 Å². The number of likely N-dealkylation sites (N-methyl/N-ethyl adjacent to an activating group) is 1. The minimum absolute atomic E-state index is 0.295. The molecule has 4 heteroatoms. The van der Waals surface area contributed by atoms with E-state index in [1.807, 2.05) is 0 Å². The first kappa shape index (κ1) is 11.5. The second kappa shape index (κ2) is 4.75. The van der Waals surface area contributed by atoms with E-state index in [4.69, 9.17) is 11.1 Å². The third kappa shape index (κ3) is 2.96. The minimum Gasteiger partial charge on any atom is -0.388 e. The van der Waals surface area contributed by atoms with Crippen LogP contribution in [0.25, 0.3) is 0 Å². The van der Waals surface area contributed by atoms with Gasteiger partial charge in [-0.15, -0.1) is 0 Å². The predicted molar refractivity (Wildman–Crippen MR) is 59.7 cm³/mol. The zero-order chi connectivity index (χ0) is 10.7. The van der Waals surface area contributed by atoms with Crippen LogP contribution in [0.2, 0.25) is 0 Å². The second-order valence-corrected chi connectivity index (χ2v) is 4.40. The molecule has 0 saturated carbocycles. The van der Waals surface area contributed by atoms with Gasteiger partial charge in [-0.2, -0.15) is 0 Å². The van der Waals surface area contributed by atoms with Gasteiger partial charge in [-0.3, -0.25) is 10.3 Å². The van der Waals surface area contributed by atoms with E-state index in [-0.39, 0.29) is 0 Å². The van der Waals surface area contributed by atoms with E-state index in [1.54, 1.807) is 0 Å². The van der Waals surface area contributed by atoms with Crippen molar-refractivity contribution in [3.8, 4) is 0 Å². The third-order valence-corrected chi connectivity index (χ3v) is 3.13. The highest BCUT2D eigenvalue weighted by Crippen LogP contribution is 2.11. The van der Waals surface area contributed by atoms with E-state index in [9.17, 15) is 0 Å². The standard InChI is InChI=1S/C10H22N4/c1-8(6-10(11)12)14-5-4-13(3)9(2)7-14/h8-9H,4-7H2,1-3H3,(H3,11,12). The van der Waals surface area contributed by atoms with Crippen molar-refractivity contribution in [1.29, 1.82) is 5.41 Å². The van der Waals surface area contributed by atoms with Gasteiger partial charge < -0.3 is 10.6 Å². The van der Waals surface area contributed by atoms with Crippen LogP contribution in [-0.4, -0.2) is 54.4 Å². The highest BCUT2D eigenvalue weighted by Gasteiger charge is 2.24. The first-order chi connectivity index (χ1) is 6.50. The lowest BCUT2D eigenvalue weighted by atomic mass is 10.1. The van der Waals surface area contributed by atoms with E-state index >= 15 is 0 Å². The molecule has 0 aromatic carbocycles. The maximum Gasteiger partial charge on any atom is 0.0920 e. The summed E-state index contributed by atoms with van der Waals surface area (Å²) in [5, 5.41) is 7.27. The maximum atomic E-state index is 7.27. The number of amidine groups is 1. The third-order valence-electron chi connectivity index (χ3n) is 3.13. The molecular weight excluding hydrogens is 176 g/mol. The van der Waals surface area contributed by atoms with Crippen molar-refractivity contribution in [3.05, 3.63) is 0 Å². The van der Waals surface area contributed by atoms with Gasteiger partial charge in [-0.1, -0.05) is 0 Å². The van der Waals surface area contributed by atoms with Crippen LogP contribution in [0.5, 0.6) is 0 Å². The van der Waals surface area contributed by atoms with Crippen LogP contribution in [0.15, 0.2) is 0 Å². The number of nitrogens with one attached hydrogen (secondary N) is 1. The summed E-state index contributed by atoms with van der Waals surface area (Å²) in [6.45, 7) is 7.69. The van der Waals surface area contributed by atoms with Crippen molar-refractivity contribution in [1.82, 2.24) is 9.80 Å². The molecular formula is C10H22N4. The molecule has 14 heavy (non-hydrogen) atoms. The molecule has 0 aromatic rings. The fourth-order valence-electron chi connectivity index (χ4n) is 1.92. The molecule has 82 valence electrons. The Hall–Kier alpha value is -0.610. The van der Waals surface area contributed by atoms with Crippen molar-refractivity contribution >= 4 is 5.84 Å². The Labute approximate surface area is 86.6 Å². The fraction of sp³-hybridized carbons (Fsp3) is 0.900. The molecule has 0 radical (unpaired) electrons. The van der Waals surface area contributed by atoms with Gasteiger partial charge >= 0.3 is 0 Å². The molecule has 2 unspecified atom stereocenters. The summed E-state index contributed by atoms with van der Waals surface area (Å²) in [4.78, 5) is 4.79. The maximum absolute atomic E-state index is 7.27. The smallest absolute Gasteiger partial charge is 0.0920 e. The van der Waals surface area contributed by atoms with Crippen molar-refractivity contribution in [2.75, 3.05) is 26.7 Å². The van der Waals surface area contributed by atoms with Gasteiger partial charge in [-0.05, 0) is 20.9 Å². The molecule has 0 aliphatic carbocycles. The van der Waals surface area contributed by atoms with Gasteiger partial charge in [-0.25, -0.2) is 0 Å². The Kier molecular flexibility index (Phi) is 3.89. The van der Waals surface area contributed by atoms with E-state index in [0.717, 1.165) is 19.6 Å². The average Bonchev–Trinajstić information content (AvgIpc) is 2.08. The Morgan fingerprint density at radius 1 is 1.57 bits per heavy atom. The van der Waals surface area contributed by atoms with E-state index in [2.05, 4.69) is 30.7 Å². The van der Waals surface area contributed by atoms with Gasteiger partial charge in [0.1, 0.15) is 0 Å². The molecule has 2 atom stereocenters. The zero-order valence-corrected chi connectivity index (χ0v) is 9.45. The van der Waals surface area contributed by atoms with Crippen LogP contribution in [0, 0.1) is 5.41 Å². The number of nitrogens with zero attached hydrogens (tertiary/aromatic N) is 2. The first-order valence-electron chi connectivity index (χ1n) is 5.28. The Balaban J connectivity index is 2.41. The first-order valence-corrected chi connectivity index (χ1v) is 5.28. The van der Waals surface area contributed by atoms with Gasteiger partial charge in [0, 0.05) is 38.1 Å². The summed E-state index contributed by atoms with van der Waals surface area (Å²) in [5.74, 6) is 0.295. The predicted octanol–water partition coefficient (Wildman–Crippen LogP) is 0.337. The largest absolute Gasteiger partial charge is 0.388 e. The summed E-state index contributed by atoms with van der Waals surface area (Å²) in [6, 6.07) is 1.02. The Morgan fingerprint density at radius 3 is 2.71 bits per heavy atom. The molecule has 1 fully saturated rings. The molecule has 1 aliphatic heterocycles. The van der Waals surface area contributed by atoms with Crippen molar-refractivity contribution < 1.29 is 0 Å². The van der Waals surface area contributed by atoms with Crippen LogP contribution in [-0.2, 0) is 0 Å². The number of rotatable bonds is 3. The summed E-state index contributed by atoms with van der Waals surface area (Å²) in [5.41, 5.74) is 5.41. The number of nitrogens with two attached hydrogens (primary N) is 1. The number of hydrogen-bond acceptors (Lipinski definition) is 3. The van der Waals surface area contributed by atoms with Crippen LogP contribution in [0.1, 0.15) is 20.3 Å². The summed E-state index contributed by atoms with van der Waals surface area (Å²) >= 11 is 0. The van der Waals surface area contributed by atoms with E-state index in [1.165, 1.54) is 0 Å². The van der Waals surface area contributed by atoms with Crippen LogP contribution in [0.4, 0.5) is 0 Å². The normalized spacial score (nSPS) is 27.5. The highest BCUT2D eigenvalue weighted by atomic mass is 15.3. The van der Waals surface area contributed by atoms with Crippen molar-refractivity contribution in [2.24, 2.45) is 5.73 Å². The van der Waals surface area contributed by atoms with Gasteiger partial charge in [0.2, 0.25) is 0 Å². The molecule has 4 nitrogen and oxygen atoms in total. The van der Waals surface area contributed by atoms with Crippen LogP contribution in [0.3, 0.4) is 0 Å². The Morgan fingerprint density at radius 2 is 2.21 bits per heavy atom. The SMILES string of the molecule is CC1CN(C(C)CC(=N)N)CCN1C. The zero-order valence-electron chi connectivity index (χ0n) is 9.45. The summed E-state index contributed by atoms with van der Waals surface area (Å²) in [7, 11) is 2.16. The quantitative estimate of drug-likeness (QED) is 0.508. The lowest BCUT2D eigenvalue weighted by Crippen LogP contribution is -2.53. The second-order valence-electron chi connectivity index (χ2n) is 4.40. The molecule has 0 amide bonds. The molecule has 1 aliphatic rings. The molecule has 3 N–H and O–H groups in total. The molecule has 1 rings (SSSR count). The number of hydrogen-bond donors (Lipinski definition) is 2. The molecule has 1 heterocycles. The van der Waals surface area contributed by atoms with Crippen LogP contribution < -0.4 is 5.73 Å². The molecule has 0 aromatic heterocycles. The van der Waals surface area contributed by atoms with Gasteiger partial charge in [0.05, 0.1) is 5.84 Å². The lowest BCUT2D eigenvalue weighted by Gasteiger charge is -2.40. The molecule has 0 spiro atoms. The summed E-state index contributed by atoms with van der Waals surface area (Å²) < 4.78 is 0. The van der Waals surface area contributed by atoms with E-state index in [0.29, 0.717) is 24.3 Å².